The molecule has 100 valence electrons. The minimum Gasteiger partial charge on any atom is -0.381 e. The predicted molar refractivity (Wildman–Crippen MR) is 76.1 cm³/mol. The minimum absolute atomic E-state index is 0.440. The molecule has 0 aliphatic heterocycles. The highest BCUT2D eigenvalue weighted by molar-refractivity contribution is 6.30. The topological polar surface area (TPSA) is 21.3 Å². The first kappa shape index (κ1) is 13.9. The van der Waals surface area contributed by atoms with Crippen molar-refractivity contribution < 1.29 is 4.74 Å². The number of hydrogen-bond acceptors (Lipinski definition) is 2. The van der Waals surface area contributed by atoms with Crippen molar-refractivity contribution in [2.75, 3.05) is 7.11 Å². The van der Waals surface area contributed by atoms with Crippen molar-refractivity contribution >= 4 is 11.6 Å². The third kappa shape index (κ3) is 3.47. The number of halogens is 1. The molecule has 1 unspecified atom stereocenters. The van der Waals surface area contributed by atoms with Crippen LogP contribution in [0.3, 0.4) is 0 Å². The zero-order valence-corrected chi connectivity index (χ0v) is 11.9. The summed E-state index contributed by atoms with van der Waals surface area (Å²) in [4.78, 5) is 0. The summed E-state index contributed by atoms with van der Waals surface area (Å²) in [6, 6.07) is 9.24. The second-order valence-corrected chi connectivity index (χ2v) is 5.52. The lowest BCUT2D eigenvalue weighted by Gasteiger charge is -2.37. The Kier molecular flexibility index (Phi) is 5.04. The molecule has 2 rings (SSSR count). The highest BCUT2D eigenvalue weighted by atomic mass is 35.5. The van der Waals surface area contributed by atoms with E-state index in [2.05, 4.69) is 24.4 Å². The van der Waals surface area contributed by atoms with Crippen molar-refractivity contribution in [1.29, 1.82) is 0 Å². The van der Waals surface area contributed by atoms with E-state index in [1.165, 1.54) is 12.0 Å². The van der Waals surface area contributed by atoms with Crippen LogP contribution in [0.5, 0.6) is 0 Å². The van der Waals surface area contributed by atoms with Gasteiger partial charge in [0.15, 0.2) is 0 Å². The summed E-state index contributed by atoms with van der Waals surface area (Å²) in [5.74, 6) is 0. The van der Waals surface area contributed by atoms with Crippen molar-refractivity contribution in [2.45, 2.75) is 50.8 Å². The maximum Gasteiger partial charge on any atom is 0.0601 e. The largest absolute Gasteiger partial charge is 0.381 e. The average molecular weight is 268 g/mol. The summed E-state index contributed by atoms with van der Waals surface area (Å²) in [5, 5.41) is 4.53. The van der Waals surface area contributed by atoms with Gasteiger partial charge in [0.2, 0.25) is 0 Å². The normalized spacial score (nSPS) is 24.6. The predicted octanol–water partition coefficient (Wildman–Crippen LogP) is 3.95. The number of nitrogens with one attached hydrogen (secondary N) is 1. The van der Waals surface area contributed by atoms with Crippen LogP contribution >= 0.6 is 11.6 Å². The SMILES string of the molecule is CCCC(NC1CC(OC)C1)c1ccc(Cl)cc1. The highest BCUT2D eigenvalue weighted by Crippen LogP contribution is 2.28. The van der Waals surface area contributed by atoms with Gasteiger partial charge in [0.25, 0.3) is 0 Å². The van der Waals surface area contributed by atoms with Crippen LogP contribution in [0.25, 0.3) is 0 Å². The molecule has 0 amide bonds. The molecule has 2 nitrogen and oxygen atoms in total. The smallest absolute Gasteiger partial charge is 0.0601 e. The van der Waals surface area contributed by atoms with E-state index in [1.807, 2.05) is 12.1 Å². The zero-order valence-electron chi connectivity index (χ0n) is 11.2. The van der Waals surface area contributed by atoms with E-state index >= 15 is 0 Å². The first-order chi connectivity index (χ1) is 8.72. The van der Waals surface area contributed by atoms with E-state index < -0.39 is 0 Å². The van der Waals surface area contributed by atoms with E-state index in [-0.39, 0.29) is 0 Å². The van der Waals surface area contributed by atoms with E-state index in [4.69, 9.17) is 16.3 Å². The number of benzene rings is 1. The van der Waals surface area contributed by atoms with Gasteiger partial charge in [-0.15, -0.1) is 0 Å². The molecule has 3 heteroatoms. The Labute approximate surface area is 115 Å². The van der Waals surface area contributed by atoms with Crippen LogP contribution < -0.4 is 5.32 Å². The fourth-order valence-corrected chi connectivity index (χ4v) is 2.63. The number of rotatable bonds is 6. The number of ether oxygens (including phenoxy) is 1. The molecule has 0 aromatic heterocycles. The zero-order chi connectivity index (χ0) is 13.0. The fraction of sp³-hybridized carbons (Fsp3) is 0.600. The van der Waals surface area contributed by atoms with Crippen LogP contribution in [0, 0.1) is 0 Å². The molecule has 0 heterocycles. The third-order valence-corrected chi connectivity index (χ3v) is 3.97. The molecule has 1 saturated carbocycles. The van der Waals surface area contributed by atoms with Crippen LogP contribution in [0.1, 0.15) is 44.2 Å². The van der Waals surface area contributed by atoms with Gasteiger partial charge in [0.05, 0.1) is 6.10 Å². The van der Waals surface area contributed by atoms with Crippen molar-refractivity contribution in [2.24, 2.45) is 0 Å². The summed E-state index contributed by atoms with van der Waals surface area (Å²) in [6.45, 7) is 2.23. The van der Waals surface area contributed by atoms with Gasteiger partial charge in [-0.3, -0.25) is 0 Å². The van der Waals surface area contributed by atoms with Crippen LogP contribution in [-0.2, 0) is 4.74 Å². The summed E-state index contributed by atoms with van der Waals surface area (Å²) >= 11 is 5.94. The molecule has 1 atom stereocenters. The second-order valence-electron chi connectivity index (χ2n) is 5.09. The van der Waals surface area contributed by atoms with Crippen LogP contribution in [0.2, 0.25) is 5.02 Å². The summed E-state index contributed by atoms with van der Waals surface area (Å²) in [7, 11) is 1.80. The lowest BCUT2D eigenvalue weighted by atomic mass is 9.87. The second kappa shape index (κ2) is 6.55. The summed E-state index contributed by atoms with van der Waals surface area (Å²) in [5.41, 5.74) is 1.34. The lowest BCUT2D eigenvalue weighted by Crippen LogP contribution is -2.46. The Bertz CT molecular complexity index is 359. The lowest BCUT2D eigenvalue weighted by molar-refractivity contribution is 0.0138. The molecule has 0 bridgehead atoms. The Morgan fingerprint density at radius 3 is 2.56 bits per heavy atom. The van der Waals surface area contributed by atoms with Gasteiger partial charge in [-0.2, -0.15) is 0 Å². The first-order valence-electron chi connectivity index (χ1n) is 6.77. The molecule has 0 saturated heterocycles. The molecule has 18 heavy (non-hydrogen) atoms. The van der Waals surface area contributed by atoms with E-state index in [0.717, 1.165) is 24.3 Å². The Morgan fingerprint density at radius 1 is 1.33 bits per heavy atom. The average Bonchev–Trinajstić information content (AvgIpc) is 2.33. The number of methoxy groups -OCH3 is 1. The minimum atomic E-state index is 0.440. The molecule has 1 aromatic carbocycles. The highest BCUT2D eigenvalue weighted by Gasteiger charge is 2.30. The monoisotopic (exact) mass is 267 g/mol. The van der Waals surface area contributed by atoms with Gasteiger partial charge in [-0.25, -0.2) is 0 Å². The van der Waals surface area contributed by atoms with Gasteiger partial charge >= 0.3 is 0 Å². The summed E-state index contributed by atoms with van der Waals surface area (Å²) < 4.78 is 5.32. The van der Waals surface area contributed by atoms with E-state index in [9.17, 15) is 0 Å². The van der Waals surface area contributed by atoms with Gasteiger partial charge in [0.1, 0.15) is 0 Å². The van der Waals surface area contributed by atoms with Crippen LogP contribution in [0.4, 0.5) is 0 Å². The van der Waals surface area contributed by atoms with Crippen LogP contribution in [0.15, 0.2) is 24.3 Å². The van der Waals surface area contributed by atoms with Gasteiger partial charge < -0.3 is 10.1 Å². The molecule has 1 N–H and O–H groups in total. The molecule has 0 radical (unpaired) electrons. The molecule has 1 aliphatic rings. The fourth-order valence-electron chi connectivity index (χ4n) is 2.51. The van der Waals surface area contributed by atoms with Gasteiger partial charge in [0, 0.05) is 24.2 Å². The molecule has 0 spiro atoms. The maximum atomic E-state index is 5.94. The Morgan fingerprint density at radius 2 is 2.00 bits per heavy atom. The van der Waals surface area contributed by atoms with E-state index in [1.54, 1.807) is 7.11 Å². The standard InChI is InChI=1S/C15H22ClNO/c1-3-4-15(11-5-7-12(16)8-6-11)17-13-9-14(10-13)18-2/h5-8,13-15,17H,3-4,9-10H2,1-2H3. The molecular formula is C15H22ClNO. The molecular weight excluding hydrogens is 246 g/mol. The Balaban J connectivity index is 1.93. The quantitative estimate of drug-likeness (QED) is 0.843. The Hall–Kier alpha value is -0.570. The van der Waals surface area contributed by atoms with Crippen molar-refractivity contribution in [3.63, 3.8) is 0 Å². The van der Waals surface area contributed by atoms with Gasteiger partial charge in [-0.05, 0) is 37.0 Å². The first-order valence-corrected chi connectivity index (χ1v) is 7.15. The molecule has 1 aromatic rings. The van der Waals surface area contributed by atoms with Crippen molar-refractivity contribution in [3.8, 4) is 0 Å². The van der Waals surface area contributed by atoms with Crippen molar-refractivity contribution in [3.05, 3.63) is 34.9 Å². The molecule has 1 fully saturated rings. The third-order valence-electron chi connectivity index (χ3n) is 3.71. The molecule has 1 aliphatic carbocycles. The summed E-state index contributed by atoms with van der Waals surface area (Å²) in [6.07, 6.45) is 5.06. The van der Waals surface area contributed by atoms with Crippen molar-refractivity contribution in [1.82, 2.24) is 5.32 Å². The van der Waals surface area contributed by atoms with Gasteiger partial charge in [-0.1, -0.05) is 37.1 Å². The van der Waals surface area contributed by atoms with Crippen LogP contribution in [-0.4, -0.2) is 19.3 Å². The maximum absolute atomic E-state index is 5.94. The number of hydrogen-bond donors (Lipinski definition) is 1. The van der Waals surface area contributed by atoms with E-state index in [0.29, 0.717) is 18.2 Å².